The molecule has 9 heteroatoms. The third kappa shape index (κ3) is 5.35. The Hall–Kier alpha value is -4.53. The summed E-state index contributed by atoms with van der Waals surface area (Å²) < 4.78 is 15.3. The van der Waals surface area contributed by atoms with E-state index in [1.54, 1.807) is 42.5 Å². The van der Waals surface area contributed by atoms with Crippen molar-refractivity contribution in [2.75, 3.05) is 5.32 Å². The molecule has 1 aliphatic rings. The number of rotatable bonds is 6. The zero-order valence-electron chi connectivity index (χ0n) is 20.0. The van der Waals surface area contributed by atoms with Crippen molar-refractivity contribution >= 4 is 17.6 Å². The second-order valence-corrected chi connectivity index (χ2v) is 9.02. The highest BCUT2D eigenvalue weighted by molar-refractivity contribution is 6.04. The second-order valence-electron chi connectivity index (χ2n) is 9.02. The maximum Gasteiger partial charge on any atom is 0.342 e. The predicted octanol–water partition coefficient (Wildman–Crippen LogP) is 5.46. The Balaban J connectivity index is 1.39. The van der Waals surface area contributed by atoms with Crippen LogP contribution in [0.5, 0.6) is 5.75 Å². The van der Waals surface area contributed by atoms with Crippen LogP contribution < -0.4 is 10.6 Å². The first-order chi connectivity index (χ1) is 18.0. The van der Waals surface area contributed by atoms with Crippen LogP contribution in [0.4, 0.5) is 14.9 Å². The maximum absolute atomic E-state index is 14.0. The van der Waals surface area contributed by atoms with Gasteiger partial charge in [-0.15, -0.1) is 0 Å². The normalized spacial score (nSPS) is 13.4. The number of hydrogen-bond donors (Lipinski definition) is 3. The van der Waals surface area contributed by atoms with Crippen LogP contribution in [0, 0.1) is 5.82 Å². The molecule has 188 valence electrons. The Morgan fingerprint density at radius 2 is 1.78 bits per heavy atom. The fourth-order valence-electron chi connectivity index (χ4n) is 4.62. The van der Waals surface area contributed by atoms with E-state index in [-0.39, 0.29) is 29.9 Å². The van der Waals surface area contributed by atoms with Crippen LogP contribution in [0.25, 0.3) is 11.3 Å². The Kier molecular flexibility index (Phi) is 6.93. The molecule has 1 aliphatic carbocycles. The fraction of sp³-hybridized carbons (Fsp3) is 0.214. The number of pyridine rings is 1. The largest absolute Gasteiger partial charge is 0.507 e. The zero-order chi connectivity index (χ0) is 25.8. The highest BCUT2D eigenvalue weighted by Crippen LogP contribution is 2.38. The molecule has 1 saturated carbocycles. The highest BCUT2D eigenvalue weighted by Gasteiger charge is 2.26. The minimum absolute atomic E-state index is 0.0297. The zero-order valence-corrected chi connectivity index (χ0v) is 20.0. The molecular formula is C28H26FN5O3. The molecule has 0 unspecified atom stereocenters. The van der Waals surface area contributed by atoms with E-state index in [1.807, 2.05) is 6.07 Å². The lowest BCUT2D eigenvalue weighted by molar-refractivity contribution is 0.102. The molecule has 5 rings (SSSR count). The number of carbonyl (C=O) groups is 2. The van der Waals surface area contributed by atoms with Gasteiger partial charge in [-0.2, -0.15) is 9.78 Å². The summed E-state index contributed by atoms with van der Waals surface area (Å²) in [5, 5.41) is 20.8. The van der Waals surface area contributed by atoms with Crippen LogP contribution in [0.15, 0.2) is 73.1 Å². The van der Waals surface area contributed by atoms with Crippen molar-refractivity contribution in [3.63, 3.8) is 0 Å². The summed E-state index contributed by atoms with van der Waals surface area (Å²) in [6.45, 7) is 0.0297. The lowest BCUT2D eigenvalue weighted by Gasteiger charge is -2.12. The quantitative estimate of drug-likeness (QED) is 0.327. The number of aromatic hydroxyl groups is 1. The predicted molar refractivity (Wildman–Crippen MR) is 137 cm³/mol. The van der Waals surface area contributed by atoms with Gasteiger partial charge >= 0.3 is 6.03 Å². The topological polar surface area (TPSA) is 109 Å². The maximum atomic E-state index is 14.0. The molecule has 0 saturated heterocycles. The van der Waals surface area contributed by atoms with Crippen molar-refractivity contribution in [1.82, 2.24) is 20.1 Å². The SMILES string of the molecule is O=C(Nc1ccc(-c2cc(C3CCCC3)n(C(=O)NCc3ccccc3F)n2)c(O)c1)c1ccncc1. The van der Waals surface area contributed by atoms with Gasteiger partial charge in [-0.1, -0.05) is 31.0 Å². The molecular weight excluding hydrogens is 473 g/mol. The number of nitrogens with one attached hydrogen (secondary N) is 2. The summed E-state index contributed by atoms with van der Waals surface area (Å²) in [4.78, 5) is 29.4. The number of halogens is 1. The van der Waals surface area contributed by atoms with E-state index in [4.69, 9.17) is 0 Å². The minimum atomic E-state index is -0.461. The van der Waals surface area contributed by atoms with Gasteiger partial charge in [0.1, 0.15) is 11.6 Å². The molecule has 8 nitrogen and oxygen atoms in total. The highest BCUT2D eigenvalue weighted by atomic mass is 19.1. The minimum Gasteiger partial charge on any atom is -0.507 e. The third-order valence-corrected chi connectivity index (χ3v) is 6.56. The van der Waals surface area contributed by atoms with Crippen LogP contribution in [0.3, 0.4) is 0 Å². The van der Waals surface area contributed by atoms with Gasteiger partial charge in [0.25, 0.3) is 5.91 Å². The average molecular weight is 500 g/mol. The number of anilines is 1. The van der Waals surface area contributed by atoms with E-state index in [2.05, 4.69) is 20.7 Å². The molecule has 0 bridgehead atoms. The summed E-state index contributed by atoms with van der Waals surface area (Å²) in [5.41, 5.74) is 2.87. The number of phenols is 1. The van der Waals surface area contributed by atoms with Crippen LogP contribution in [-0.2, 0) is 6.54 Å². The molecule has 3 N–H and O–H groups in total. The molecule has 2 aromatic heterocycles. The standard InChI is InChI=1S/C28H26FN5O3/c29-23-8-4-3-7-20(23)17-31-28(37)34-25(18-5-1-2-6-18)16-24(33-34)22-10-9-21(15-26(22)35)32-27(36)19-11-13-30-14-12-19/h3-4,7-16,18,35H,1-2,5-6,17H2,(H,31,37)(H,32,36). The number of nitrogens with zero attached hydrogens (tertiary/aromatic N) is 3. The fourth-order valence-corrected chi connectivity index (χ4v) is 4.62. The molecule has 0 atom stereocenters. The molecule has 2 heterocycles. The van der Waals surface area contributed by atoms with Gasteiger partial charge in [0.05, 0.1) is 11.4 Å². The molecule has 4 aromatic rings. The average Bonchev–Trinajstić information content (AvgIpc) is 3.59. The molecule has 0 aliphatic heterocycles. The first kappa shape index (κ1) is 24.2. The Morgan fingerprint density at radius 3 is 2.51 bits per heavy atom. The lowest BCUT2D eigenvalue weighted by Crippen LogP contribution is -2.31. The summed E-state index contributed by atoms with van der Waals surface area (Å²) >= 11 is 0. The van der Waals surface area contributed by atoms with E-state index in [0.29, 0.717) is 28.1 Å². The van der Waals surface area contributed by atoms with Crippen molar-refractivity contribution in [1.29, 1.82) is 0 Å². The molecule has 2 amide bonds. The summed E-state index contributed by atoms with van der Waals surface area (Å²) in [6, 6.07) is 15.6. The molecule has 37 heavy (non-hydrogen) atoms. The number of hydrogen-bond acceptors (Lipinski definition) is 5. The van der Waals surface area contributed by atoms with Crippen molar-refractivity contribution < 1.29 is 19.1 Å². The van der Waals surface area contributed by atoms with Crippen molar-refractivity contribution in [2.24, 2.45) is 0 Å². The van der Waals surface area contributed by atoms with Gasteiger partial charge in [0.2, 0.25) is 0 Å². The first-order valence-electron chi connectivity index (χ1n) is 12.2. The molecule has 2 aromatic carbocycles. The van der Waals surface area contributed by atoms with Crippen LogP contribution in [-0.4, -0.2) is 31.8 Å². The number of aromatic nitrogens is 3. The van der Waals surface area contributed by atoms with Gasteiger partial charge in [-0.25, -0.2) is 9.18 Å². The number of amides is 2. The van der Waals surface area contributed by atoms with Gasteiger partial charge in [-0.3, -0.25) is 9.78 Å². The van der Waals surface area contributed by atoms with Crippen molar-refractivity contribution in [3.8, 4) is 17.0 Å². The van der Waals surface area contributed by atoms with E-state index in [1.165, 1.54) is 29.2 Å². The lowest BCUT2D eigenvalue weighted by atomic mass is 10.0. The van der Waals surface area contributed by atoms with Crippen molar-refractivity contribution in [2.45, 2.75) is 38.1 Å². The number of benzene rings is 2. The van der Waals surface area contributed by atoms with Crippen molar-refractivity contribution in [3.05, 3.63) is 95.7 Å². The van der Waals surface area contributed by atoms with Gasteiger partial charge in [0, 0.05) is 53.3 Å². The van der Waals surface area contributed by atoms with E-state index in [9.17, 15) is 19.1 Å². The number of carbonyl (C=O) groups excluding carboxylic acids is 2. The summed E-state index contributed by atoms with van der Waals surface area (Å²) in [6.07, 6.45) is 7.08. The van der Waals surface area contributed by atoms with Gasteiger partial charge in [0.15, 0.2) is 0 Å². The number of phenolic OH excluding ortho intramolecular Hbond substituents is 1. The summed E-state index contributed by atoms with van der Waals surface area (Å²) in [7, 11) is 0. The van der Waals surface area contributed by atoms with E-state index < -0.39 is 6.03 Å². The monoisotopic (exact) mass is 499 g/mol. The van der Waals surface area contributed by atoms with Crippen LogP contribution in [0.2, 0.25) is 0 Å². The third-order valence-electron chi connectivity index (χ3n) is 6.56. The van der Waals surface area contributed by atoms with Crippen LogP contribution >= 0.6 is 0 Å². The van der Waals surface area contributed by atoms with Crippen LogP contribution in [0.1, 0.15) is 53.2 Å². The Morgan fingerprint density at radius 1 is 1.03 bits per heavy atom. The van der Waals surface area contributed by atoms with Gasteiger partial charge in [-0.05, 0) is 49.2 Å². The second kappa shape index (κ2) is 10.6. The van der Waals surface area contributed by atoms with E-state index >= 15 is 0 Å². The molecule has 0 spiro atoms. The summed E-state index contributed by atoms with van der Waals surface area (Å²) in [5.74, 6) is -0.627. The first-order valence-corrected chi connectivity index (χ1v) is 12.2. The van der Waals surface area contributed by atoms with Gasteiger partial charge < -0.3 is 15.7 Å². The molecule has 1 fully saturated rings. The Bertz CT molecular complexity index is 1430. The molecule has 0 radical (unpaired) electrons. The smallest absolute Gasteiger partial charge is 0.342 e. The van der Waals surface area contributed by atoms with E-state index in [0.717, 1.165) is 31.4 Å². The Labute approximate surface area is 213 Å².